The first kappa shape index (κ1) is 27.8. The fourth-order valence-corrected chi connectivity index (χ4v) is 4.79. The number of rotatable bonds is 20. The Balaban J connectivity index is 2.19. The summed E-state index contributed by atoms with van der Waals surface area (Å²) in [5.74, 6) is 1.76. The first-order valence-electron chi connectivity index (χ1n) is 12.4. The zero-order valence-corrected chi connectivity index (χ0v) is 22.6. The lowest BCUT2D eigenvalue weighted by atomic mass is 10.1. The van der Waals surface area contributed by atoms with Gasteiger partial charge in [0.25, 0.3) is 0 Å². The van der Waals surface area contributed by atoms with E-state index in [0.717, 1.165) is 46.5 Å². The maximum atomic E-state index is 6.02. The Morgan fingerprint density at radius 2 is 0.833 bits per heavy atom. The minimum Gasteiger partial charge on any atom is -0.492 e. The highest BCUT2D eigenvalue weighted by Crippen LogP contribution is 2.36. The summed E-state index contributed by atoms with van der Waals surface area (Å²) in [6, 6.07) is 4.05. The summed E-state index contributed by atoms with van der Waals surface area (Å²) < 4.78 is 14.0. The van der Waals surface area contributed by atoms with Gasteiger partial charge in [-0.15, -0.1) is 0 Å². The van der Waals surface area contributed by atoms with Gasteiger partial charge in [-0.3, -0.25) is 0 Å². The Morgan fingerprint density at radius 3 is 1.20 bits per heavy atom. The third-order valence-electron chi connectivity index (χ3n) is 5.50. The van der Waals surface area contributed by atoms with Crippen molar-refractivity contribution in [3.05, 3.63) is 21.1 Å². The first-order valence-corrected chi connectivity index (χ1v) is 14.0. The molecule has 0 atom stereocenters. The van der Waals surface area contributed by atoms with Crippen LogP contribution in [0, 0.1) is 0 Å². The molecule has 0 saturated carbocycles. The first-order chi connectivity index (χ1) is 14.7. The molecular formula is C26H44Br2O2. The molecule has 1 aromatic carbocycles. The second kappa shape index (κ2) is 19.5. The topological polar surface area (TPSA) is 18.5 Å². The van der Waals surface area contributed by atoms with Crippen LogP contribution in [0.1, 0.15) is 117 Å². The van der Waals surface area contributed by atoms with Crippen molar-refractivity contribution >= 4 is 31.9 Å². The van der Waals surface area contributed by atoms with Crippen LogP contribution in [0.4, 0.5) is 0 Å². The monoisotopic (exact) mass is 546 g/mol. The van der Waals surface area contributed by atoms with E-state index in [4.69, 9.17) is 9.47 Å². The highest BCUT2D eigenvalue weighted by molar-refractivity contribution is 9.11. The average molecular weight is 548 g/mol. The standard InChI is InChI=1S/C26H44Br2O2/c1-3-5-7-9-11-13-15-17-19-29-25-22-26(24(28)21-23(25)27)30-20-18-16-14-12-10-8-6-4-2/h21-22H,3-20H2,1-2H3. The lowest BCUT2D eigenvalue weighted by molar-refractivity contribution is 0.287. The minimum atomic E-state index is 0.770. The summed E-state index contributed by atoms with van der Waals surface area (Å²) in [7, 11) is 0. The van der Waals surface area contributed by atoms with Crippen molar-refractivity contribution in [2.24, 2.45) is 0 Å². The van der Waals surface area contributed by atoms with Gasteiger partial charge in [-0.25, -0.2) is 0 Å². The largest absolute Gasteiger partial charge is 0.492 e. The molecule has 0 bridgehead atoms. The number of hydrogen-bond acceptors (Lipinski definition) is 2. The van der Waals surface area contributed by atoms with E-state index in [1.165, 1.54) is 89.9 Å². The Hall–Kier alpha value is -0.220. The van der Waals surface area contributed by atoms with Crippen LogP contribution < -0.4 is 9.47 Å². The summed E-state index contributed by atoms with van der Waals surface area (Å²) in [5, 5.41) is 0. The van der Waals surface area contributed by atoms with Gasteiger partial charge in [-0.2, -0.15) is 0 Å². The summed E-state index contributed by atoms with van der Waals surface area (Å²) >= 11 is 7.23. The SMILES string of the molecule is CCCCCCCCCCOc1cc(OCCCCCCCCCC)c(Br)cc1Br. The van der Waals surface area contributed by atoms with Crippen LogP contribution >= 0.6 is 31.9 Å². The molecule has 0 amide bonds. The molecule has 174 valence electrons. The third kappa shape index (κ3) is 14.0. The van der Waals surface area contributed by atoms with Crippen molar-refractivity contribution in [1.29, 1.82) is 0 Å². The average Bonchev–Trinajstić information content (AvgIpc) is 2.73. The molecule has 2 nitrogen and oxygen atoms in total. The van der Waals surface area contributed by atoms with Crippen molar-refractivity contribution in [2.45, 2.75) is 117 Å². The Morgan fingerprint density at radius 1 is 0.500 bits per heavy atom. The quantitative estimate of drug-likeness (QED) is 0.151. The highest BCUT2D eigenvalue weighted by Gasteiger charge is 2.09. The van der Waals surface area contributed by atoms with Crippen molar-refractivity contribution in [3.63, 3.8) is 0 Å². The summed E-state index contributed by atoms with van der Waals surface area (Å²) in [6.07, 6.45) is 21.0. The van der Waals surface area contributed by atoms with Crippen molar-refractivity contribution in [3.8, 4) is 11.5 Å². The number of halogens is 2. The van der Waals surface area contributed by atoms with E-state index in [-0.39, 0.29) is 0 Å². The van der Waals surface area contributed by atoms with Gasteiger partial charge in [0.05, 0.1) is 22.2 Å². The van der Waals surface area contributed by atoms with Crippen LogP contribution in [0.5, 0.6) is 11.5 Å². The van der Waals surface area contributed by atoms with E-state index in [9.17, 15) is 0 Å². The van der Waals surface area contributed by atoms with Crippen LogP contribution in [-0.2, 0) is 0 Å². The maximum Gasteiger partial charge on any atom is 0.137 e. The summed E-state index contributed by atoms with van der Waals surface area (Å²) in [5.41, 5.74) is 0. The maximum absolute atomic E-state index is 6.02. The molecule has 30 heavy (non-hydrogen) atoms. The molecule has 4 heteroatoms. The molecule has 0 aromatic heterocycles. The van der Waals surface area contributed by atoms with E-state index in [2.05, 4.69) is 45.7 Å². The Labute approximate surface area is 203 Å². The smallest absolute Gasteiger partial charge is 0.137 e. The molecule has 0 fully saturated rings. The molecule has 0 aliphatic carbocycles. The molecule has 0 unspecified atom stereocenters. The van der Waals surface area contributed by atoms with Crippen LogP contribution in [0.25, 0.3) is 0 Å². The van der Waals surface area contributed by atoms with Crippen LogP contribution in [-0.4, -0.2) is 13.2 Å². The molecule has 0 heterocycles. The molecule has 1 rings (SSSR count). The normalized spacial score (nSPS) is 11.1. The fourth-order valence-electron chi connectivity index (χ4n) is 3.57. The third-order valence-corrected chi connectivity index (χ3v) is 6.74. The molecular weight excluding hydrogens is 504 g/mol. The van der Waals surface area contributed by atoms with Crippen LogP contribution in [0.15, 0.2) is 21.1 Å². The van der Waals surface area contributed by atoms with Gasteiger partial charge in [-0.05, 0) is 50.8 Å². The van der Waals surface area contributed by atoms with Crippen molar-refractivity contribution in [1.82, 2.24) is 0 Å². The molecule has 0 saturated heterocycles. The van der Waals surface area contributed by atoms with E-state index in [1.807, 2.05) is 12.1 Å². The molecule has 0 radical (unpaired) electrons. The number of hydrogen-bond donors (Lipinski definition) is 0. The van der Waals surface area contributed by atoms with Gasteiger partial charge >= 0.3 is 0 Å². The van der Waals surface area contributed by atoms with Gasteiger partial charge < -0.3 is 9.47 Å². The van der Waals surface area contributed by atoms with Crippen molar-refractivity contribution < 1.29 is 9.47 Å². The van der Waals surface area contributed by atoms with Gasteiger partial charge in [-0.1, -0.05) is 104 Å². The Bertz CT molecular complexity index is 491. The van der Waals surface area contributed by atoms with E-state index in [0.29, 0.717) is 0 Å². The summed E-state index contributed by atoms with van der Waals surface area (Å²) in [6.45, 7) is 6.08. The van der Waals surface area contributed by atoms with Crippen LogP contribution in [0.2, 0.25) is 0 Å². The molecule has 0 aliphatic rings. The zero-order chi connectivity index (χ0) is 21.9. The van der Waals surface area contributed by atoms with Gasteiger partial charge in [0, 0.05) is 6.07 Å². The molecule has 0 aliphatic heterocycles. The van der Waals surface area contributed by atoms with Gasteiger partial charge in [0.2, 0.25) is 0 Å². The second-order valence-electron chi connectivity index (χ2n) is 8.36. The Kier molecular flexibility index (Phi) is 18.0. The van der Waals surface area contributed by atoms with Crippen molar-refractivity contribution in [2.75, 3.05) is 13.2 Å². The molecule has 0 N–H and O–H groups in total. The molecule has 0 spiro atoms. The van der Waals surface area contributed by atoms with Gasteiger partial charge in [0.1, 0.15) is 11.5 Å². The fraction of sp³-hybridized carbons (Fsp3) is 0.769. The minimum absolute atomic E-state index is 0.770. The predicted octanol–water partition coefficient (Wildman–Crippen LogP) is 10.3. The van der Waals surface area contributed by atoms with E-state index in [1.54, 1.807) is 0 Å². The highest BCUT2D eigenvalue weighted by atomic mass is 79.9. The molecule has 1 aromatic rings. The lowest BCUT2D eigenvalue weighted by Crippen LogP contribution is -2.01. The number of unbranched alkanes of at least 4 members (excludes halogenated alkanes) is 14. The van der Waals surface area contributed by atoms with E-state index < -0.39 is 0 Å². The van der Waals surface area contributed by atoms with E-state index >= 15 is 0 Å². The number of benzene rings is 1. The van der Waals surface area contributed by atoms with Crippen LogP contribution in [0.3, 0.4) is 0 Å². The lowest BCUT2D eigenvalue weighted by Gasteiger charge is -2.13. The predicted molar refractivity (Wildman–Crippen MR) is 138 cm³/mol. The second-order valence-corrected chi connectivity index (χ2v) is 10.1. The number of ether oxygens (including phenoxy) is 2. The van der Waals surface area contributed by atoms with Gasteiger partial charge in [0.15, 0.2) is 0 Å². The zero-order valence-electron chi connectivity index (χ0n) is 19.5. The summed E-state index contributed by atoms with van der Waals surface area (Å²) in [4.78, 5) is 0.